The Balaban J connectivity index is 2.12. The lowest BCUT2D eigenvalue weighted by Gasteiger charge is -2.30. The van der Waals surface area contributed by atoms with Crippen molar-refractivity contribution >= 4 is 15.9 Å². The van der Waals surface area contributed by atoms with E-state index in [2.05, 4.69) is 10.3 Å². The van der Waals surface area contributed by atoms with E-state index in [4.69, 9.17) is 5.73 Å². The predicted octanol–water partition coefficient (Wildman–Crippen LogP) is -0.796. The van der Waals surface area contributed by atoms with Gasteiger partial charge in [0.05, 0.1) is 5.92 Å². The van der Waals surface area contributed by atoms with E-state index >= 15 is 0 Å². The van der Waals surface area contributed by atoms with Crippen LogP contribution in [0.1, 0.15) is 18.7 Å². The summed E-state index contributed by atoms with van der Waals surface area (Å²) in [6.07, 6.45) is 2.85. The molecule has 0 radical (unpaired) electrons. The summed E-state index contributed by atoms with van der Waals surface area (Å²) < 4.78 is 28.3. The number of carbonyl (C=O) groups excluding carboxylic acids is 1. The Kier molecular flexibility index (Phi) is 5.20. The molecule has 0 bridgehead atoms. The Bertz CT molecular complexity index is 621. The number of sulfonamides is 1. The fourth-order valence-corrected chi connectivity index (χ4v) is 4.05. The number of nitrogens with two attached hydrogens (primary N) is 1. The maximum absolute atomic E-state index is 12.6. The van der Waals surface area contributed by atoms with Gasteiger partial charge in [0.2, 0.25) is 5.91 Å². The summed E-state index contributed by atoms with van der Waals surface area (Å²) >= 11 is 0. The van der Waals surface area contributed by atoms with Gasteiger partial charge in [0.25, 0.3) is 10.0 Å². The number of hydrogen-bond acceptors (Lipinski definition) is 5. The maximum Gasteiger partial charge on any atom is 0.262 e. The molecule has 2 rings (SSSR count). The molecule has 2 heterocycles. The first kappa shape index (κ1) is 16.9. The van der Waals surface area contributed by atoms with Gasteiger partial charge in [-0.1, -0.05) is 0 Å². The molecule has 9 heteroatoms. The fraction of sp³-hybridized carbons (Fsp3) is 0.692. The van der Waals surface area contributed by atoms with E-state index in [1.54, 1.807) is 18.5 Å². The van der Waals surface area contributed by atoms with Gasteiger partial charge in [-0.05, 0) is 19.8 Å². The van der Waals surface area contributed by atoms with Crippen LogP contribution in [-0.2, 0) is 21.9 Å². The van der Waals surface area contributed by atoms with Crippen LogP contribution in [0.15, 0.2) is 11.2 Å². The van der Waals surface area contributed by atoms with Crippen molar-refractivity contribution in [3.8, 4) is 0 Å². The normalized spacial score (nSPS) is 20.0. The summed E-state index contributed by atoms with van der Waals surface area (Å²) in [5.41, 5.74) is 5.36. The van der Waals surface area contributed by atoms with Crippen LogP contribution in [0.5, 0.6) is 0 Å². The monoisotopic (exact) mass is 329 g/mol. The Labute approximate surface area is 130 Å². The van der Waals surface area contributed by atoms with E-state index < -0.39 is 10.0 Å². The van der Waals surface area contributed by atoms with Crippen molar-refractivity contribution in [1.82, 2.24) is 19.2 Å². The molecule has 3 N–H and O–H groups in total. The van der Waals surface area contributed by atoms with Gasteiger partial charge in [-0.15, -0.1) is 0 Å². The Morgan fingerprint density at radius 3 is 2.86 bits per heavy atom. The van der Waals surface area contributed by atoms with E-state index in [0.29, 0.717) is 38.3 Å². The molecule has 0 saturated carbocycles. The highest BCUT2D eigenvalue weighted by atomic mass is 32.2. The third-order valence-corrected chi connectivity index (χ3v) is 5.63. The number of aryl methyl sites for hydroxylation is 2. The van der Waals surface area contributed by atoms with Crippen molar-refractivity contribution in [1.29, 1.82) is 0 Å². The van der Waals surface area contributed by atoms with Crippen molar-refractivity contribution in [3.05, 3.63) is 12.0 Å². The van der Waals surface area contributed by atoms with E-state index in [9.17, 15) is 13.2 Å². The Hall–Kier alpha value is -1.45. The molecule has 0 aliphatic carbocycles. The quantitative estimate of drug-likeness (QED) is 0.735. The molecule has 1 aromatic heterocycles. The van der Waals surface area contributed by atoms with Crippen molar-refractivity contribution in [3.63, 3.8) is 0 Å². The molecule has 1 fully saturated rings. The van der Waals surface area contributed by atoms with Crippen LogP contribution >= 0.6 is 0 Å². The zero-order valence-electron chi connectivity index (χ0n) is 12.9. The van der Waals surface area contributed by atoms with Crippen LogP contribution in [0.3, 0.4) is 0 Å². The average molecular weight is 329 g/mol. The maximum atomic E-state index is 12.6. The first-order valence-electron chi connectivity index (χ1n) is 7.34. The predicted molar refractivity (Wildman–Crippen MR) is 81.5 cm³/mol. The Morgan fingerprint density at radius 1 is 1.55 bits per heavy atom. The van der Waals surface area contributed by atoms with Gasteiger partial charge in [0.1, 0.15) is 5.82 Å². The standard InChI is InChI=1S/C13H23N5O3S/c1-10-16-12(9-17(10)2)22(20,21)18-7-3-4-11(8-18)13(19)15-6-5-14/h9,11H,3-8,14H2,1-2H3,(H,15,19). The van der Waals surface area contributed by atoms with E-state index in [-0.39, 0.29) is 23.4 Å². The first-order valence-corrected chi connectivity index (χ1v) is 8.78. The molecule has 1 unspecified atom stereocenters. The molecular weight excluding hydrogens is 306 g/mol. The van der Waals surface area contributed by atoms with Gasteiger partial charge in [0.15, 0.2) is 5.03 Å². The minimum Gasteiger partial charge on any atom is -0.355 e. The molecule has 22 heavy (non-hydrogen) atoms. The van der Waals surface area contributed by atoms with Gasteiger partial charge >= 0.3 is 0 Å². The first-order chi connectivity index (χ1) is 10.4. The number of hydrogen-bond donors (Lipinski definition) is 2. The van der Waals surface area contributed by atoms with Gasteiger partial charge in [-0.25, -0.2) is 13.4 Å². The smallest absolute Gasteiger partial charge is 0.262 e. The zero-order valence-corrected chi connectivity index (χ0v) is 13.8. The second-order valence-corrected chi connectivity index (χ2v) is 7.40. The van der Waals surface area contributed by atoms with Crippen LogP contribution in [0.2, 0.25) is 0 Å². The molecule has 1 aliphatic rings. The van der Waals surface area contributed by atoms with Crippen molar-refractivity contribution in [2.75, 3.05) is 26.2 Å². The van der Waals surface area contributed by atoms with Crippen LogP contribution in [0, 0.1) is 12.8 Å². The van der Waals surface area contributed by atoms with E-state index in [0.717, 1.165) is 0 Å². The number of nitrogens with one attached hydrogen (secondary N) is 1. The molecule has 8 nitrogen and oxygen atoms in total. The number of aromatic nitrogens is 2. The highest BCUT2D eigenvalue weighted by molar-refractivity contribution is 7.89. The number of piperidine rings is 1. The van der Waals surface area contributed by atoms with Crippen molar-refractivity contribution in [2.45, 2.75) is 24.8 Å². The molecule has 1 atom stereocenters. The van der Waals surface area contributed by atoms with Gasteiger partial charge < -0.3 is 15.6 Å². The second kappa shape index (κ2) is 6.76. The van der Waals surface area contributed by atoms with Crippen molar-refractivity contribution < 1.29 is 13.2 Å². The van der Waals surface area contributed by atoms with Gasteiger partial charge in [-0.3, -0.25) is 4.79 Å². The minimum atomic E-state index is -3.65. The minimum absolute atomic E-state index is 0.0375. The van der Waals surface area contributed by atoms with Crippen LogP contribution in [-0.4, -0.2) is 54.4 Å². The summed E-state index contributed by atoms with van der Waals surface area (Å²) in [5, 5.41) is 2.76. The van der Waals surface area contributed by atoms with Crippen LogP contribution in [0.25, 0.3) is 0 Å². The number of imidazole rings is 1. The largest absolute Gasteiger partial charge is 0.355 e. The lowest BCUT2D eigenvalue weighted by atomic mass is 9.99. The summed E-state index contributed by atoms with van der Waals surface area (Å²) in [5.74, 6) is 0.162. The van der Waals surface area contributed by atoms with E-state index in [1.807, 2.05) is 0 Å². The molecular formula is C13H23N5O3S. The highest BCUT2D eigenvalue weighted by Crippen LogP contribution is 2.23. The SMILES string of the molecule is Cc1nc(S(=O)(=O)N2CCCC(C(=O)NCCN)C2)cn1C. The number of carbonyl (C=O) groups is 1. The molecule has 0 spiro atoms. The van der Waals surface area contributed by atoms with E-state index in [1.165, 1.54) is 10.5 Å². The van der Waals surface area contributed by atoms with Crippen LogP contribution in [0.4, 0.5) is 0 Å². The van der Waals surface area contributed by atoms with Crippen molar-refractivity contribution in [2.24, 2.45) is 18.7 Å². The summed E-state index contributed by atoms with van der Waals surface area (Å²) in [7, 11) is -1.90. The summed E-state index contributed by atoms with van der Waals surface area (Å²) in [6, 6.07) is 0. The molecule has 124 valence electrons. The van der Waals surface area contributed by atoms with Gasteiger partial charge in [-0.2, -0.15) is 4.31 Å². The zero-order chi connectivity index (χ0) is 16.3. The lowest BCUT2D eigenvalue weighted by Crippen LogP contribution is -2.46. The van der Waals surface area contributed by atoms with Gasteiger partial charge in [0, 0.05) is 39.4 Å². The molecule has 0 aromatic carbocycles. The fourth-order valence-electron chi connectivity index (χ4n) is 2.50. The second-order valence-electron chi connectivity index (χ2n) is 5.52. The molecule has 1 aliphatic heterocycles. The number of amides is 1. The topological polar surface area (TPSA) is 110 Å². The number of nitrogens with zero attached hydrogens (tertiary/aromatic N) is 3. The third kappa shape index (κ3) is 3.47. The highest BCUT2D eigenvalue weighted by Gasteiger charge is 2.34. The molecule has 1 aromatic rings. The molecule has 1 saturated heterocycles. The lowest BCUT2D eigenvalue weighted by molar-refractivity contribution is -0.126. The number of rotatable bonds is 5. The summed E-state index contributed by atoms with van der Waals surface area (Å²) in [4.78, 5) is 16.1. The molecule has 1 amide bonds. The van der Waals surface area contributed by atoms with Crippen LogP contribution < -0.4 is 11.1 Å². The summed E-state index contributed by atoms with van der Waals surface area (Å²) in [6.45, 7) is 3.13. The third-order valence-electron chi connectivity index (χ3n) is 3.89. The average Bonchev–Trinajstić information content (AvgIpc) is 2.85. The Morgan fingerprint density at radius 2 is 2.27 bits per heavy atom.